The molecule has 0 spiro atoms. The van der Waals surface area contributed by atoms with Gasteiger partial charge in [-0.15, -0.1) is 0 Å². The molecule has 1 rings (SSSR count). The Morgan fingerprint density at radius 2 is 1.85 bits per heavy atom. The molecular formula is C17H31NO2. The van der Waals surface area contributed by atoms with Crippen molar-refractivity contribution in [1.82, 2.24) is 5.32 Å². The van der Waals surface area contributed by atoms with Crippen LogP contribution >= 0.6 is 0 Å². The largest absolute Gasteiger partial charge is 0.391 e. The summed E-state index contributed by atoms with van der Waals surface area (Å²) in [6.07, 6.45) is 12.3. The molecule has 2 atom stereocenters. The van der Waals surface area contributed by atoms with E-state index in [0.717, 1.165) is 37.8 Å². The normalized spacial score (nSPS) is 20.7. The van der Waals surface area contributed by atoms with Crippen LogP contribution in [0.1, 0.15) is 77.6 Å². The summed E-state index contributed by atoms with van der Waals surface area (Å²) in [4.78, 5) is 10.9. The van der Waals surface area contributed by atoms with Gasteiger partial charge in [0.05, 0.1) is 12.1 Å². The Morgan fingerprint density at radius 3 is 2.50 bits per heavy atom. The number of hydrogen-bond donors (Lipinski definition) is 2. The Morgan fingerprint density at radius 1 is 1.20 bits per heavy atom. The maximum atomic E-state index is 10.9. The van der Waals surface area contributed by atoms with Crippen molar-refractivity contribution < 1.29 is 9.90 Å². The minimum atomic E-state index is -0.424. The standard InChI is InChI=1S/C17H31NO2/c1-2-3-4-5-6-7-8-9-12-16(20)17-15(14-19)11-10-13-18-17/h16-18,20H,2-13H2,1H3. The van der Waals surface area contributed by atoms with Crippen LogP contribution in [0.4, 0.5) is 0 Å². The lowest BCUT2D eigenvalue weighted by atomic mass is 9.92. The zero-order chi connectivity index (χ0) is 14.6. The van der Waals surface area contributed by atoms with Crippen LogP contribution in [0.2, 0.25) is 0 Å². The second-order valence-corrected chi connectivity index (χ2v) is 5.99. The van der Waals surface area contributed by atoms with E-state index in [1.807, 2.05) is 5.94 Å². The molecule has 20 heavy (non-hydrogen) atoms. The first-order chi connectivity index (χ1) is 9.79. The average molecular weight is 281 g/mol. The third kappa shape index (κ3) is 6.69. The summed E-state index contributed by atoms with van der Waals surface area (Å²) < 4.78 is 0. The average Bonchev–Trinajstić information content (AvgIpc) is 2.49. The topological polar surface area (TPSA) is 49.3 Å². The molecule has 0 bridgehead atoms. The molecule has 3 nitrogen and oxygen atoms in total. The number of aliphatic hydroxyl groups is 1. The molecule has 1 saturated heterocycles. The molecule has 1 heterocycles. The van der Waals surface area contributed by atoms with Crippen LogP contribution in [0.5, 0.6) is 0 Å². The van der Waals surface area contributed by atoms with Crippen molar-refractivity contribution in [2.45, 2.75) is 89.7 Å². The van der Waals surface area contributed by atoms with Crippen molar-refractivity contribution in [2.75, 3.05) is 6.54 Å². The number of unbranched alkanes of at least 4 members (excludes halogenated alkanes) is 7. The Bertz CT molecular complexity index is 297. The Kier molecular flexibility index (Phi) is 9.65. The van der Waals surface area contributed by atoms with Crippen LogP contribution < -0.4 is 5.32 Å². The highest BCUT2D eigenvalue weighted by Crippen LogP contribution is 2.19. The van der Waals surface area contributed by atoms with Gasteiger partial charge < -0.3 is 10.4 Å². The summed E-state index contributed by atoms with van der Waals surface area (Å²) in [5.41, 5.74) is 0.725. The van der Waals surface area contributed by atoms with E-state index in [9.17, 15) is 9.90 Å². The lowest BCUT2D eigenvalue weighted by Gasteiger charge is -2.28. The Labute approximate surface area is 123 Å². The summed E-state index contributed by atoms with van der Waals surface area (Å²) in [5, 5.41) is 13.4. The van der Waals surface area contributed by atoms with Crippen molar-refractivity contribution in [3.8, 4) is 0 Å². The summed E-state index contributed by atoms with van der Waals surface area (Å²) in [5.74, 6) is 2.01. The molecule has 2 unspecified atom stereocenters. The summed E-state index contributed by atoms with van der Waals surface area (Å²) in [7, 11) is 0. The molecule has 0 aromatic rings. The van der Waals surface area contributed by atoms with Gasteiger partial charge in [-0.05, 0) is 25.8 Å². The molecule has 0 saturated carbocycles. The van der Waals surface area contributed by atoms with Gasteiger partial charge in [0.2, 0.25) is 0 Å². The van der Waals surface area contributed by atoms with E-state index in [1.165, 1.54) is 44.9 Å². The highest BCUT2D eigenvalue weighted by molar-refractivity contribution is 5.55. The van der Waals surface area contributed by atoms with E-state index in [2.05, 4.69) is 12.2 Å². The van der Waals surface area contributed by atoms with E-state index in [1.54, 1.807) is 0 Å². The first kappa shape index (κ1) is 17.4. The summed E-state index contributed by atoms with van der Waals surface area (Å²) in [6, 6.07) is -0.147. The molecular weight excluding hydrogens is 250 g/mol. The molecule has 0 aromatic carbocycles. The molecule has 0 radical (unpaired) electrons. The van der Waals surface area contributed by atoms with Gasteiger partial charge in [0.1, 0.15) is 5.94 Å². The molecule has 2 N–H and O–H groups in total. The monoisotopic (exact) mass is 281 g/mol. The van der Waals surface area contributed by atoms with Crippen molar-refractivity contribution in [1.29, 1.82) is 0 Å². The van der Waals surface area contributed by atoms with Crippen LogP contribution in [-0.4, -0.2) is 29.7 Å². The molecule has 0 amide bonds. The van der Waals surface area contributed by atoms with E-state index >= 15 is 0 Å². The van der Waals surface area contributed by atoms with E-state index < -0.39 is 6.10 Å². The second-order valence-electron chi connectivity index (χ2n) is 5.99. The molecule has 0 aliphatic carbocycles. The second kappa shape index (κ2) is 11.1. The maximum Gasteiger partial charge on any atom is 0.125 e. The van der Waals surface area contributed by atoms with Crippen molar-refractivity contribution in [3.05, 3.63) is 5.57 Å². The third-order valence-corrected chi connectivity index (χ3v) is 4.23. The third-order valence-electron chi connectivity index (χ3n) is 4.23. The van der Waals surface area contributed by atoms with Gasteiger partial charge in [0, 0.05) is 5.57 Å². The van der Waals surface area contributed by atoms with Crippen LogP contribution in [0, 0.1) is 0 Å². The molecule has 116 valence electrons. The highest BCUT2D eigenvalue weighted by Gasteiger charge is 2.25. The molecule has 3 heteroatoms. The number of aliphatic hydroxyl groups excluding tert-OH is 1. The SMILES string of the molecule is CCCCCCCCCCC(O)C1NCCCC1=C=O. The van der Waals surface area contributed by atoms with E-state index in [0.29, 0.717) is 0 Å². The first-order valence-corrected chi connectivity index (χ1v) is 8.45. The van der Waals surface area contributed by atoms with Crippen LogP contribution in [0.3, 0.4) is 0 Å². The Balaban J connectivity index is 2.07. The van der Waals surface area contributed by atoms with Gasteiger partial charge in [-0.1, -0.05) is 58.3 Å². The molecule has 0 aromatic heterocycles. The lowest BCUT2D eigenvalue weighted by Crippen LogP contribution is -2.45. The van der Waals surface area contributed by atoms with E-state index in [4.69, 9.17) is 0 Å². The summed E-state index contributed by atoms with van der Waals surface area (Å²) in [6.45, 7) is 3.13. The molecule has 1 aliphatic heterocycles. The smallest absolute Gasteiger partial charge is 0.125 e. The predicted octanol–water partition coefficient (Wildman–Crippen LogP) is 3.39. The highest BCUT2D eigenvalue weighted by atomic mass is 16.3. The molecule has 1 aliphatic rings. The van der Waals surface area contributed by atoms with Crippen LogP contribution in [-0.2, 0) is 4.79 Å². The zero-order valence-corrected chi connectivity index (χ0v) is 13.0. The van der Waals surface area contributed by atoms with Gasteiger partial charge >= 0.3 is 0 Å². The van der Waals surface area contributed by atoms with Gasteiger partial charge in [0.15, 0.2) is 0 Å². The van der Waals surface area contributed by atoms with Crippen LogP contribution in [0.15, 0.2) is 5.57 Å². The number of hydrogen-bond acceptors (Lipinski definition) is 3. The number of nitrogens with one attached hydrogen (secondary N) is 1. The minimum absolute atomic E-state index is 0.147. The minimum Gasteiger partial charge on any atom is -0.391 e. The van der Waals surface area contributed by atoms with Gasteiger partial charge in [-0.2, -0.15) is 0 Å². The number of piperidine rings is 1. The molecule has 1 fully saturated rings. The fourth-order valence-corrected chi connectivity index (χ4v) is 2.95. The van der Waals surface area contributed by atoms with E-state index in [-0.39, 0.29) is 6.04 Å². The first-order valence-electron chi connectivity index (χ1n) is 8.45. The maximum absolute atomic E-state index is 10.9. The predicted molar refractivity (Wildman–Crippen MR) is 83.5 cm³/mol. The van der Waals surface area contributed by atoms with Gasteiger partial charge in [-0.25, -0.2) is 4.79 Å². The van der Waals surface area contributed by atoms with Crippen molar-refractivity contribution in [2.24, 2.45) is 0 Å². The fraction of sp³-hybridized carbons (Fsp3) is 0.882. The lowest BCUT2D eigenvalue weighted by molar-refractivity contribution is 0.123. The van der Waals surface area contributed by atoms with Crippen molar-refractivity contribution in [3.63, 3.8) is 0 Å². The quantitative estimate of drug-likeness (QED) is 0.477. The van der Waals surface area contributed by atoms with Crippen molar-refractivity contribution >= 4 is 5.94 Å². The van der Waals surface area contributed by atoms with Gasteiger partial charge in [0.25, 0.3) is 0 Å². The number of carbonyl (C=O) groups excluding carboxylic acids is 1. The fourth-order valence-electron chi connectivity index (χ4n) is 2.95. The van der Waals surface area contributed by atoms with Gasteiger partial charge in [-0.3, -0.25) is 0 Å². The summed E-state index contributed by atoms with van der Waals surface area (Å²) >= 11 is 0. The Hall–Kier alpha value is -0.630. The van der Waals surface area contributed by atoms with Crippen LogP contribution in [0.25, 0.3) is 0 Å². The zero-order valence-electron chi connectivity index (χ0n) is 13.0. The number of rotatable bonds is 10.